The first-order valence-electron chi connectivity index (χ1n) is 8.59. The Hall–Kier alpha value is -1.93. The van der Waals surface area contributed by atoms with Gasteiger partial charge in [-0.2, -0.15) is 0 Å². The fraction of sp³-hybridized carbons (Fsp3) is 0.389. The molecule has 8 heteroatoms. The van der Waals surface area contributed by atoms with Gasteiger partial charge in [-0.25, -0.2) is 12.8 Å². The second-order valence-electron chi connectivity index (χ2n) is 6.19. The smallest absolute Gasteiger partial charge is 0.274 e. The van der Waals surface area contributed by atoms with Crippen LogP contribution in [0.4, 0.5) is 10.1 Å². The number of amides is 1. The lowest BCUT2D eigenvalue weighted by molar-refractivity contribution is -0.129. The summed E-state index contributed by atoms with van der Waals surface area (Å²) in [4.78, 5) is 14.4. The van der Waals surface area contributed by atoms with Crippen molar-refractivity contribution in [2.45, 2.75) is 29.9 Å². The lowest BCUT2D eigenvalue weighted by Crippen LogP contribution is -2.43. The van der Waals surface area contributed by atoms with Crippen LogP contribution in [0.25, 0.3) is 0 Å². The van der Waals surface area contributed by atoms with Crippen LogP contribution in [-0.2, 0) is 14.8 Å². The number of hydrogen-bond acceptors (Lipinski definition) is 4. The zero-order valence-corrected chi connectivity index (χ0v) is 15.9. The third-order valence-electron chi connectivity index (χ3n) is 4.40. The van der Waals surface area contributed by atoms with Crippen LogP contribution in [0.15, 0.2) is 46.0 Å². The van der Waals surface area contributed by atoms with Crippen molar-refractivity contribution >= 4 is 33.0 Å². The molecule has 0 saturated carbocycles. The Morgan fingerprint density at radius 2 is 1.77 bits per heavy atom. The average molecular weight is 397 g/mol. The topological polar surface area (TPSA) is 57.7 Å². The molecule has 3 rings (SSSR count). The number of para-hydroxylation sites is 1. The van der Waals surface area contributed by atoms with E-state index in [9.17, 15) is 17.6 Å². The van der Waals surface area contributed by atoms with E-state index >= 15 is 0 Å². The summed E-state index contributed by atoms with van der Waals surface area (Å²) in [6, 6.07) is 8.72. The van der Waals surface area contributed by atoms with E-state index in [0.717, 1.165) is 41.3 Å². The molecule has 140 valence electrons. The van der Waals surface area contributed by atoms with E-state index in [1.807, 2.05) is 0 Å². The van der Waals surface area contributed by atoms with Crippen LogP contribution in [0.1, 0.15) is 25.7 Å². The van der Waals surface area contributed by atoms with Gasteiger partial charge < -0.3 is 4.90 Å². The maximum absolute atomic E-state index is 14.3. The molecule has 0 radical (unpaired) electrons. The van der Waals surface area contributed by atoms with Crippen molar-refractivity contribution in [1.82, 2.24) is 4.90 Å². The Balaban J connectivity index is 1.93. The summed E-state index contributed by atoms with van der Waals surface area (Å²) in [5.74, 6) is -0.966. The monoisotopic (exact) mass is 396 g/mol. The van der Waals surface area contributed by atoms with Gasteiger partial charge in [0.25, 0.3) is 10.0 Å². The first kappa shape index (κ1) is 18.8. The third-order valence-corrected chi connectivity index (χ3v) is 7.53. The molecule has 0 aliphatic carbocycles. The Morgan fingerprint density at radius 3 is 2.38 bits per heavy atom. The number of anilines is 1. The summed E-state index contributed by atoms with van der Waals surface area (Å²) in [6.07, 6.45) is 3.94. The molecule has 1 amide bonds. The van der Waals surface area contributed by atoms with Crippen LogP contribution in [0.3, 0.4) is 0 Å². The highest BCUT2D eigenvalue weighted by molar-refractivity contribution is 7.94. The van der Waals surface area contributed by atoms with Crippen molar-refractivity contribution in [1.29, 1.82) is 0 Å². The van der Waals surface area contributed by atoms with Gasteiger partial charge in [-0.15, -0.1) is 11.3 Å². The van der Waals surface area contributed by atoms with E-state index in [2.05, 4.69) is 0 Å². The summed E-state index contributed by atoms with van der Waals surface area (Å²) >= 11 is 1.05. The zero-order chi connectivity index (χ0) is 18.6. The van der Waals surface area contributed by atoms with E-state index in [-0.39, 0.29) is 15.8 Å². The molecule has 0 bridgehead atoms. The quantitative estimate of drug-likeness (QED) is 0.777. The van der Waals surface area contributed by atoms with Gasteiger partial charge in [0.1, 0.15) is 16.6 Å². The van der Waals surface area contributed by atoms with Crippen molar-refractivity contribution in [3.05, 3.63) is 47.6 Å². The SMILES string of the molecule is O=C(CN(c1ccccc1F)S(=O)(=O)c1cccs1)N1CCCCCC1. The molecular weight excluding hydrogens is 375 g/mol. The van der Waals surface area contributed by atoms with Crippen LogP contribution in [-0.4, -0.2) is 38.9 Å². The number of hydrogen-bond donors (Lipinski definition) is 0. The number of halogens is 1. The summed E-state index contributed by atoms with van der Waals surface area (Å²) in [5, 5.41) is 1.64. The molecule has 1 aromatic carbocycles. The van der Waals surface area contributed by atoms with Crippen molar-refractivity contribution in [2.75, 3.05) is 23.9 Å². The highest BCUT2D eigenvalue weighted by Gasteiger charge is 2.31. The lowest BCUT2D eigenvalue weighted by Gasteiger charge is -2.27. The highest BCUT2D eigenvalue weighted by Crippen LogP contribution is 2.28. The molecule has 0 N–H and O–H groups in total. The third kappa shape index (κ3) is 4.07. The number of sulfonamides is 1. The zero-order valence-electron chi connectivity index (χ0n) is 14.3. The molecular formula is C18H21FN2O3S2. The molecule has 1 aliphatic rings. The Kier molecular flexibility index (Phi) is 5.93. The standard InChI is InChI=1S/C18H21FN2O3S2/c19-15-8-3-4-9-16(15)21(26(23,24)18-10-7-13-25-18)14-17(22)20-11-5-1-2-6-12-20/h3-4,7-10,13H,1-2,5-6,11-12,14H2. The van der Waals surface area contributed by atoms with Gasteiger partial charge in [-0.3, -0.25) is 9.10 Å². The van der Waals surface area contributed by atoms with E-state index in [4.69, 9.17) is 0 Å². The number of thiophene rings is 1. The van der Waals surface area contributed by atoms with Gasteiger partial charge in [0.15, 0.2) is 0 Å². The lowest BCUT2D eigenvalue weighted by atomic mass is 10.2. The molecule has 2 heterocycles. The predicted octanol–water partition coefficient (Wildman–Crippen LogP) is 3.49. The normalized spacial score (nSPS) is 15.5. The molecule has 0 unspecified atom stereocenters. The van der Waals surface area contributed by atoms with Gasteiger partial charge in [0.2, 0.25) is 5.91 Å². The largest absolute Gasteiger partial charge is 0.341 e. The molecule has 0 atom stereocenters. The number of rotatable bonds is 5. The second kappa shape index (κ2) is 8.18. The van der Waals surface area contributed by atoms with Crippen molar-refractivity contribution in [2.24, 2.45) is 0 Å². The highest BCUT2D eigenvalue weighted by atomic mass is 32.2. The number of nitrogens with zero attached hydrogens (tertiary/aromatic N) is 2. The minimum atomic E-state index is -4.01. The van der Waals surface area contributed by atoms with Crippen LogP contribution in [0.5, 0.6) is 0 Å². The first-order valence-corrected chi connectivity index (χ1v) is 10.9. The van der Waals surface area contributed by atoms with Crippen LogP contribution in [0.2, 0.25) is 0 Å². The van der Waals surface area contributed by atoms with Gasteiger partial charge >= 0.3 is 0 Å². The van der Waals surface area contributed by atoms with Gasteiger partial charge in [0, 0.05) is 13.1 Å². The second-order valence-corrected chi connectivity index (χ2v) is 9.23. The molecule has 1 fully saturated rings. The summed E-state index contributed by atoms with van der Waals surface area (Å²) in [5.41, 5.74) is -0.107. The number of benzene rings is 1. The summed E-state index contributed by atoms with van der Waals surface area (Å²) in [6.45, 7) is 0.827. The fourth-order valence-corrected chi connectivity index (χ4v) is 5.54. The van der Waals surface area contributed by atoms with Crippen molar-refractivity contribution in [3.63, 3.8) is 0 Å². The molecule has 1 aliphatic heterocycles. The first-order chi connectivity index (χ1) is 12.5. The molecule has 26 heavy (non-hydrogen) atoms. The van der Waals surface area contributed by atoms with E-state index < -0.39 is 22.4 Å². The van der Waals surface area contributed by atoms with Crippen molar-refractivity contribution in [3.8, 4) is 0 Å². The molecule has 1 saturated heterocycles. The Morgan fingerprint density at radius 1 is 1.08 bits per heavy atom. The van der Waals surface area contributed by atoms with E-state index in [0.29, 0.717) is 13.1 Å². The maximum atomic E-state index is 14.3. The van der Waals surface area contributed by atoms with Crippen molar-refractivity contribution < 1.29 is 17.6 Å². The average Bonchev–Trinajstić information content (AvgIpc) is 3.04. The van der Waals surface area contributed by atoms with Crippen LogP contribution >= 0.6 is 11.3 Å². The summed E-state index contributed by atoms with van der Waals surface area (Å²) in [7, 11) is -4.01. The Labute approximate surface area is 157 Å². The minimum Gasteiger partial charge on any atom is -0.341 e. The number of carbonyl (C=O) groups excluding carboxylic acids is 1. The van der Waals surface area contributed by atoms with E-state index in [1.54, 1.807) is 22.4 Å². The molecule has 2 aromatic rings. The van der Waals surface area contributed by atoms with Gasteiger partial charge in [0.05, 0.1) is 5.69 Å². The number of likely N-dealkylation sites (tertiary alicyclic amines) is 1. The molecule has 0 spiro atoms. The number of carbonyl (C=O) groups is 1. The van der Waals surface area contributed by atoms with Gasteiger partial charge in [-0.05, 0) is 36.4 Å². The molecule has 5 nitrogen and oxygen atoms in total. The fourth-order valence-electron chi connectivity index (χ4n) is 3.02. The van der Waals surface area contributed by atoms with Crippen LogP contribution < -0.4 is 4.31 Å². The minimum absolute atomic E-state index is 0.0874. The van der Waals surface area contributed by atoms with Gasteiger partial charge in [-0.1, -0.05) is 31.0 Å². The predicted molar refractivity (Wildman–Crippen MR) is 100 cm³/mol. The maximum Gasteiger partial charge on any atom is 0.274 e. The van der Waals surface area contributed by atoms with E-state index in [1.165, 1.54) is 24.3 Å². The Bertz CT molecular complexity index is 845. The summed E-state index contributed by atoms with van der Waals surface area (Å²) < 4.78 is 41.4. The van der Waals surface area contributed by atoms with Crippen LogP contribution in [0, 0.1) is 5.82 Å². The molecule has 1 aromatic heterocycles.